The fraction of sp³-hybridized carbons (Fsp3) is 0.333. The molecule has 1 N–H and O–H groups in total. The molecule has 27 heavy (non-hydrogen) atoms. The van der Waals surface area contributed by atoms with Gasteiger partial charge in [-0.1, -0.05) is 24.8 Å². The molecule has 6 heteroatoms. The van der Waals surface area contributed by atoms with Crippen LogP contribution in [0.4, 0.5) is 0 Å². The fourth-order valence-corrected chi connectivity index (χ4v) is 3.62. The average molecular weight is 369 g/mol. The molecule has 1 aliphatic rings. The van der Waals surface area contributed by atoms with E-state index in [2.05, 4.69) is 11.9 Å². The Morgan fingerprint density at radius 3 is 2.63 bits per heavy atom. The summed E-state index contributed by atoms with van der Waals surface area (Å²) >= 11 is 0. The van der Waals surface area contributed by atoms with Gasteiger partial charge >= 0.3 is 11.9 Å². The van der Waals surface area contributed by atoms with Crippen LogP contribution in [0.2, 0.25) is 0 Å². The molecule has 0 radical (unpaired) electrons. The lowest BCUT2D eigenvalue weighted by Gasteiger charge is -2.29. The first-order chi connectivity index (χ1) is 12.9. The summed E-state index contributed by atoms with van der Waals surface area (Å²) in [7, 11) is 2.96. The van der Waals surface area contributed by atoms with Gasteiger partial charge in [0.05, 0.1) is 14.2 Å². The van der Waals surface area contributed by atoms with E-state index < -0.39 is 17.6 Å². The number of carbonyl (C=O) groups is 2. The minimum absolute atomic E-state index is 0.315. The molecule has 0 aromatic heterocycles. The molecule has 0 bridgehead atoms. The first-order valence-electron chi connectivity index (χ1n) is 8.68. The Balaban J connectivity index is 2.07. The van der Waals surface area contributed by atoms with Gasteiger partial charge in [0, 0.05) is 25.5 Å². The number of methoxy groups -OCH3 is 2. The lowest BCUT2D eigenvalue weighted by Crippen LogP contribution is -2.34. The monoisotopic (exact) mass is 369 g/mol. The zero-order valence-corrected chi connectivity index (χ0v) is 15.7. The molecule has 0 spiro atoms. The number of hydrogen-bond acceptors (Lipinski definition) is 6. The summed E-state index contributed by atoms with van der Waals surface area (Å²) in [5.41, 5.74) is 0.776. The molecule has 3 rings (SSSR count). The van der Waals surface area contributed by atoms with Crippen LogP contribution in [0.5, 0.6) is 5.75 Å². The van der Waals surface area contributed by atoms with E-state index in [1.165, 1.54) is 14.0 Å². The van der Waals surface area contributed by atoms with Crippen molar-refractivity contribution in [1.82, 2.24) is 5.32 Å². The molecule has 142 valence electrons. The molecule has 1 aliphatic heterocycles. The lowest BCUT2D eigenvalue weighted by molar-refractivity contribution is -0.157. The highest BCUT2D eigenvalue weighted by molar-refractivity contribution is 5.88. The van der Waals surface area contributed by atoms with Crippen LogP contribution in [0.3, 0.4) is 0 Å². The minimum atomic E-state index is -0.923. The second-order valence-electron chi connectivity index (χ2n) is 6.61. The molecule has 2 aromatic carbocycles. The Morgan fingerprint density at radius 2 is 2.00 bits per heavy atom. The number of rotatable bonds is 5. The third kappa shape index (κ3) is 3.53. The highest BCUT2D eigenvalue weighted by atomic mass is 16.6. The van der Waals surface area contributed by atoms with Crippen molar-refractivity contribution in [2.24, 2.45) is 0 Å². The first-order valence-corrected chi connectivity index (χ1v) is 8.68. The van der Waals surface area contributed by atoms with Crippen LogP contribution in [0.25, 0.3) is 16.8 Å². The number of nitrogens with one attached hydrogen (secondary N) is 1. The first kappa shape index (κ1) is 18.9. The van der Waals surface area contributed by atoms with Crippen molar-refractivity contribution in [3.63, 3.8) is 0 Å². The Morgan fingerprint density at radius 1 is 1.22 bits per heavy atom. The number of ether oxygens (including phenoxy) is 3. The predicted octanol–water partition coefficient (Wildman–Crippen LogP) is 2.78. The number of carbonyl (C=O) groups excluding carboxylic acids is 2. The van der Waals surface area contributed by atoms with Gasteiger partial charge in [-0.3, -0.25) is 14.9 Å². The summed E-state index contributed by atoms with van der Waals surface area (Å²) in [5.74, 6) is -0.0272. The molecule has 1 fully saturated rings. The smallest absolute Gasteiger partial charge is 0.323 e. The van der Waals surface area contributed by atoms with E-state index in [1.807, 2.05) is 30.3 Å². The van der Waals surface area contributed by atoms with Crippen LogP contribution in [0, 0.1) is 0 Å². The van der Waals surface area contributed by atoms with Crippen LogP contribution in [-0.2, 0) is 24.7 Å². The van der Waals surface area contributed by atoms with Crippen LogP contribution in [-0.4, -0.2) is 38.7 Å². The summed E-state index contributed by atoms with van der Waals surface area (Å²) in [6, 6.07) is 9.25. The van der Waals surface area contributed by atoms with Crippen LogP contribution in [0.15, 0.2) is 36.9 Å². The standard InChI is InChI=1S/C21H23NO5/c1-5-14-8-16-9-17(7-6-15(16)10-19(14)25-3)21(27-13(2)23)11-18(22-12-21)20(24)26-4/h5-10,18,22H,1,11-12H2,2-4H3. The normalized spacial score (nSPS) is 21.7. The highest BCUT2D eigenvalue weighted by Crippen LogP contribution is 2.38. The van der Waals surface area contributed by atoms with E-state index in [0.29, 0.717) is 13.0 Å². The SMILES string of the molecule is C=Cc1cc2cc(C3(OC(C)=O)CNC(C(=O)OC)C3)ccc2cc1OC. The van der Waals surface area contributed by atoms with Crippen LogP contribution >= 0.6 is 0 Å². The van der Waals surface area contributed by atoms with Gasteiger partial charge in [-0.2, -0.15) is 0 Å². The molecule has 0 amide bonds. The zero-order chi connectivity index (χ0) is 19.6. The van der Waals surface area contributed by atoms with Gasteiger partial charge in [-0.15, -0.1) is 0 Å². The minimum Gasteiger partial charge on any atom is -0.496 e. The van der Waals surface area contributed by atoms with E-state index in [0.717, 1.165) is 27.6 Å². The number of fused-ring (bicyclic) bond motifs is 1. The molecule has 2 aromatic rings. The molecule has 2 atom stereocenters. The maximum absolute atomic E-state index is 11.9. The van der Waals surface area contributed by atoms with Crippen molar-refractivity contribution >= 4 is 28.8 Å². The van der Waals surface area contributed by atoms with Gasteiger partial charge < -0.3 is 14.2 Å². The van der Waals surface area contributed by atoms with Gasteiger partial charge in [-0.05, 0) is 34.5 Å². The molecule has 1 heterocycles. The molecule has 1 saturated heterocycles. The quantitative estimate of drug-likeness (QED) is 0.817. The largest absolute Gasteiger partial charge is 0.496 e. The molecular formula is C21H23NO5. The zero-order valence-electron chi connectivity index (χ0n) is 15.7. The lowest BCUT2D eigenvalue weighted by atomic mass is 9.88. The number of benzene rings is 2. The third-order valence-electron chi connectivity index (χ3n) is 4.93. The third-order valence-corrected chi connectivity index (χ3v) is 4.93. The molecular weight excluding hydrogens is 346 g/mol. The van der Waals surface area contributed by atoms with E-state index in [9.17, 15) is 9.59 Å². The maximum Gasteiger partial charge on any atom is 0.323 e. The molecule has 6 nitrogen and oxygen atoms in total. The Kier molecular flexibility index (Phi) is 5.19. The molecule has 2 unspecified atom stereocenters. The Bertz CT molecular complexity index is 907. The van der Waals surface area contributed by atoms with Crippen molar-refractivity contribution in [3.05, 3.63) is 48.0 Å². The van der Waals surface area contributed by atoms with E-state index in [-0.39, 0.29) is 5.97 Å². The van der Waals surface area contributed by atoms with Crippen molar-refractivity contribution in [2.45, 2.75) is 25.0 Å². The Labute approximate surface area is 158 Å². The number of esters is 2. The van der Waals surface area contributed by atoms with Gasteiger partial charge in [0.2, 0.25) is 0 Å². The van der Waals surface area contributed by atoms with Gasteiger partial charge in [0.15, 0.2) is 5.60 Å². The summed E-state index contributed by atoms with van der Waals surface area (Å²) in [5, 5.41) is 5.07. The van der Waals surface area contributed by atoms with Crippen molar-refractivity contribution in [2.75, 3.05) is 20.8 Å². The topological polar surface area (TPSA) is 73.9 Å². The second kappa shape index (κ2) is 7.40. The summed E-state index contributed by atoms with van der Waals surface area (Å²) in [6.07, 6.45) is 2.05. The van der Waals surface area contributed by atoms with Crippen LogP contribution in [0.1, 0.15) is 24.5 Å². The summed E-state index contributed by atoms with van der Waals surface area (Å²) in [6.45, 7) is 5.53. The van der Waals surface area contributed by atoms with E-state index in [1.54, 1.807) is 13.2 Å². The Hall–Kier alpha value is -2.86. The summed E-state index contributed by atoms with van der Waals surface area (Å²) in [4.78, 5) is 23.7. The molecule has 0 saturated carbocycles. The van der Waals surface area contributed by atoms with Gasteiger partial charge in [-0.25, -0.2) is 0 Å². The molecule has 0 aliphatic carbocycles. The maximum atomic E-state index is 11.9. The van der Waals surface area contributed by atoms with Gasteiger partial charge in [0.1, 0.15) is 11.8 Å². The van der Waals surface area contributed by atoms with Crippen molar-refractivity contribution in [3.8, 4) is 5.75 Å². The second-order valence-corrected chi connectivity index (χ2v) is 6.61. The summed E-state index contributed by atoms with van der Waals surface area (Å²) < 4.78 is 15.9. The van der Waals surface area contributed by atoms with Crippen molar-refractivity contribution < 1.29 is 23.8 Å². The average Bonchev–Trinajstić information content (AvgIpc) is 3.10. The van der Waals surface area contributed by atoms with Gasteiger partial charge in [0.25, 0.3) is 0 Å². The predicted molar refractivity (Wildman–Crippen MR) is 102 cm³/mol. The number of hydrogen-bond donors (Lipinski definition) is 1. The fourth-order valence-electron chi connectivity index (χ4n) is 3.62. The van der Waals surface area contributed by atoms with Crippen LogP contribution < -0.4 is 10.1 Å². The van der Waals surface area contributed by atoms with E-state index >= 15 is 0 Å². The van der Waals surface area contributed by atoms with E-state index in [4.69, 9.17) is 14.2 Å². The van der Waals surface area contributed by atoms with Crippen molar-refractivity contribution in [1.29, 1.82) is 0 Å². The highest BCUT2D eigenvalue weighted by Gasteiger charge is 2.46.